The van der Waals surface area contributed by atoms with E-state index in [4.69, 9.17) is 11.6 Å². The van der Waals surface area contributed by atoms with E-state index in [-0.39, 0.29) is 0 Å². The lowest BCUT2D eigenvalue weighted by Crippen LogP contribution is -2.08. The average Bonchev–Trinajstić information content (AvgIpc) is 2.77. The summed E-state index contributed by atoms with van der Waals surface area (Å²) in [6.45, 7) is 2.06. The van der Waals surface area contributed by atoms with Crippen molar-refractivity contribution in [3.63, 3.8) is 0 Å². The fraction of sp³-hybridized carbons (Fsp3) is 0.250. The molecule has 0 bridgehead atoms. The molecule has 3 rings (SSSR count). The van der Waals surface area contributed by atoms with Gasteiger partial charge in [0.1, 0.15) is 0 Å². The van der Waals surface area contributed by atoms with Crippen LogP contribution in [-0.2, 0) is 6.42 Å². The topological polar surface area (TPSA) is 12.0 Å². The Labute approximate surface area is 127 Å². The van der Waals surface area contributed by atoms with Gasteiger partial charge in [-0.15, -0.1) is 0 Å². The molecular weight excluding hydrogens is 322 g/mol. The lowest BCUT2D eigenvalue weighted by atomic mass is 10.1. The Kier molecular flexibility index (Phi) is 3.55. The van der Waals surface area contributed by atoms with E-state index in [0.717, 1.165) is 33.6 Å². The van der Waals surface area contributed by atoms with Gasteiger partial charge in [-0.1, -0.05) is 39.7 Å². The Balaban J connectivity index is 1.89. The first-order valence-electron chi connectivity index (χ1n) is 6.45. The van der Waals surface area contributed by atoms with Gasteiger partial charge in [0.05, 0.1) is 6.04 Å². The van der Waals surface area contributed by atoms with Crippen LogP contribution in [-0.4, -0.2) is 0 Å². The molecule has 0 aromatic heterocycles. The van der Waals surface area contributed by atoms with E-state index in [1.807, 2.05) is 12.1 Å². The van der Waals surface area contributed by atoms with Crippen LogP contribution in [0.25, 0.3) is 0 Å². The molecule has 1 N–H and O–H groups in total. The summed E-state index contributed by atoms with van der Waals surface area (Å²) >= 11 is 9.71. The molecule has 1 aliphatic carbocycles. The SMILES string of the molecule is Cc1c(Cl)cccc1NC1CCc2cc(Br)ccc21. The Morgan fingerprint density at radius 3 is 2.95 bits per heavy atom. The number of nitrogens with one attached hydrogen (secondary N) is 1. The van der Waals surface area contributed by atoms with Gasteiger partial charge in [0.25, 0.3) is 0 Å². The summed E-state index contributed by atoms with van der Waals surface area (Å²) in [6.07, 6.45) is 2.27. The van der Waals surface area contributed by atoms with Gasteiger partial charge in [-0.25, -0.2) is 0 Å². The van der Waals surface area contributed by atoms with E-state index < -0.39 is 0 Å². The summed E-state index contributed by atoms with van der Waals surface area (Å²) in [7, 11) is 0. The maximum atomic E-state index is 6.17. The van der Waals surface area contributed by atoms with Crippen LogP contribution in [0.1, 0.15) is 29.2 Å². The highest BCUT2D eigenvalue weighted by Crippen LogP contribution is 2.36. The molecule has 2 aromatic rings. The van der Waals surface area contributed by atoms with Gasteiger partial charge in [0, 0.05) is 15.2 Å². The molecule has 0 amide bonds. The fourth-order valence-electron chi connectivity index (χ4n) is 2.69. The Hall–Kier alpha value is -0.990. The summed E-state index contributed by atoms with van der Waals surface area (Å²) in [5, 5.41) is 4.44. The van der Waals surface area contributed by atoms with Crippen LogP contribution in [0.3, 0.4) is 0 Å². The van der Waals surface area contributed by atoms with E-state index in [1.165, 1.54) is 11.1 Å². The molecule has 0 radical (unpaired) electrons. The normalized spacial score (nSPS) is 17.3. The van der Waals surface area contributed by atoms with Gasteiger partial charge in [0.2, 0.25) is 0 Å². The highest BCUT2D eigenvalue weighted by atomic mass is 79.9. The zero-order valence-electron chi connectivity index (χ0n) is 10.7. The van der Waals surface area contributed by atoms with Gasteiger partial charge in [-0.2, -0.15) is 0 Å². The van der Waals surface area contributed by atoms with Gasteiger partial charge < -0.3 is 5.32 Å². The number of benzene rings is 2. The summed E-state index contributed by atoms with van der Waals surface area (Å²) in [6, 6.07) is 13.0. The Morgan fingerprint density at radius 1 is 1.26 bits per heavy atom. The van der Waals surface area contributed by atoms with E-state index in [2.05, 4.69) is 52.4 Å². The van der Waals surface area contributed by atoms with Crippen molar-refractivity contribution in [3.8, 4) is 0 Å². The maximum Gasteiger partial charge on any atom is 0.0519 e. The molecule has 0 spiro atoms. The van der Waals surface area contributed by atoms with E-state index >= 15 is 0 Å². The number of halogens is 2. The number of aryl methyl sites for hydroxylation is 1. The molecule has 1 nitrogen and oxygen atoms in total. The average molecular weight is 337 g/mol. The molecule has 0 heterocycles. The molecule has 0 fully saturated rings. The largest absolute Gasteiger partial charge is 0.378 e. The zero-order valence-corrected chi connectivity index (χ0v) is 13.1. The van der Waals surface area contributed by atoms with Crippen LogP contribution in [0.5, 0.6) is 0 Å². The van der Waals surface area contributed by atoms with E-state index in [1.54, 1.807) is 0 Å². The minimum Gasteiger partial charge on any atom is -0.378 e. The third kappa shape index (κ3) is 2.52. The molecule has 1 unspecified atom stereocenters. The predicted molar refractivity (Wildman–Crippen MR) is 85.0 cm³/mol. The summed E-state index contributed by atoms with van der Waals surface area (Å²) in [4.78, 5) is 0. The number of anilines is 1. The molecule has 19 heavy (non-hydrogen) atoms. The molecule has 98 valence electrons. The maximum absolute atomic E-state index is 6.17. The summed E-state index contributed by atoms with van der Waals surface area (Å²) < 4.78 is 1.16. The van der Waals surface area contributed by atoms with Crippen LogP contribution in [0, 0.1) is 6.92 Å². The molecule has 1 aliphatic rings. The molecule has 0 saturated heterocycles. The van der Waals surface area contributed by atoms with Crippen molar-refractivity contribution in [2.24, 2.45) is 0 Å². The molecular formula is C16H15BrClN. The summed E-state index contributed by atoms with van der Waals surface area (Å²) in [5.41, 5.74) is 5.09. The van der Waals surface area contributed by atoms with E-state index in [9.17, 15) is 0 Å². The van der Waals surface area contributed by atoms with Crippen molar-refractivity contribution in [1.29, 1.82) is 0 Å². The van der Waals surface area contributed by atoms with Crippen LogP contribution in [0.15, 0.2) is 40.9 Å². The molecule has 0 aliphatic heterocycles. The van der Waals surface area contributed by atoms with Crippen LogP contribution in [0.4, 0.5) is 5.69 Å². The highest BCUT2D eigenvalue weighted by Gasteiger charge is 2.22. The molecule has 2 aromatic carbocycles. The molecule has 3 heteroatoms. The van der Waals surface area contributed by atoms with Crippen molar-refractivity contribution in [1.82, 2.24) is 0 Å². The number of rotatable bonds is 2. The minimum absolute atomic E-state index is 0.389. The first-order valence-corrected chi connectivity index (χ1v) is 7.62. The second-order valence-electron chi connectivity index (χ2n) is 4.99. The van der Waals surface area contributed by atoms with Crippen LogP contribution >= 0.6 is 27.5 Å². The van der Waals surface area contributed by atoms with Crippen molar-refractivity contribution < 1.29 is 0 Å². The van der Waals surface area contributed by atoms with Gasteiger partial charge >= 0.3 is 0 Å². The van der Waals surface area contributed by atoms with Crippen molar-refractivity contribution in [2.75, 3.05) is 5.32 Å². The monoisotopic (exact) mass is 335 g/mol. The first kappa shape index (κ1) is 13.0. The second kappa shape index (κ2) is 5.18. The Bertz CT molecular complexity index is 624. The van der Waals surface area contributed by atoms with Crippen LogP contribution < -0.4 is 5.32 Å². The molecule has 1 atom stereocenters. The second-order valence-corrected chi connectivity index (χ2v) is 6.31. The lowest BCUT2D eigenvalue weighted by Gasteiger charge is -2.18. The van der Waals surface area contributed by atoms with Gasteiger partial charge in [-0.3, -0.25) is 0 Å². The first-order chi connectivity index (χ1) is 9.15. The van der Waals surface area contributed by atoms with Crippen molar-refractivity contribution in [2.45, 2.75) is 25.8 Å². The quantitative estimate of drug-likeness (QED) is 0.762. The smallest absolute Gasteiger partial charge is 0.0519 e. The zero-order chi connectivity index (χ0) is 13.4. The number of fused-ring (bicyclic) bond motifs is 1. The van der Waals surface area contributed by atoms with Crippen molar-refractivity contribution in [3.05, 3.63) is 62.6 Å². The number of hydrogen-bond donors (Lipinski definition) is 1. The van der Waals surface area contributed by atoms with Crippen molar-refractivity contribution >= 4 is 33.2 Å². The standard InChI is InChI=1S/C16H15BrClN/c1-10-14(18)3-2-4-15(10)19-16-8-5-11-9-12(17)6-7-13(11)16/h2-4,6-7,9,16,19H,5,8H2,1H3. The van der Waals surface area contributed by atoms with Gasteiger partial charge in [-0.05, 0) is 60.7 Å². The van der Waals surface area contributed by atoms with Crippen LogP contribution in [0.2, 0.25) is 5.02 Å². The predicted octanol–water partition coefficient (Wildman–Crippen LogP) is 5.51. The third-order valence-electron chi connectivity index (χ3n) is 3.78. The third-order valence-corrected chi connectivity index (χ3v) is 4.68. The van der Waals surface area contributed by atoms with Gasteiger partial charge in [0.15, 0.2) is 0 Å². The lowest BCUT2D eigenvalue weighted by molar-refractivity contribution is 0.761. The highest BCUT2D eigenvalue weighted by molar-refractivity contribution is 9.10. The summed E-state index contributed by atoms with van der Waals surface area (Å²) in [5.74, 6) is 0. The van der Waals surface area contributed by atoms with E-state index in [0.29, 0.717) is 6.04 Å². The molecule has 0 saturated carbocycles. The minimum atomic E-state index is 0.389. The fourth-order valence-corrected chi connectivity index (χ4v) is 3.27. The number of hydrogen-bond acceptors (Lipinski definition) is 1. The Morgan fingerprint density at radius 2 is 2.11 bits per heavy atom.